The van der Waals surface area contributed by atoms with Gasteiger partial charge in [-0.25, -0.2) is 4.79 Å². The number of quaternary nitrogens is 1. The highest BCUT2D eigenvalue weighted by atomic mass is 32.1. The van der Waals surface area contributed by atoms with Gasteiger partial charge in [-0.3, -0.25) is 5.87 Å². The van der Waals surface area contributed by atoms with E-state index >= 15 is 0 Å². The van der Waals surface area contributed by atoms with E-state index in [2.05, 4.69) is 16.5 Å². The Morgan fingerprint density at radius 2 is 2.06 bits per heavy atom. The second-order valence-electron chi connectivity index (χ2n) is 7.05. The Labute approximate surface area is 191 Å². The van der Waals surface area contributed by atoms with Crippen molar-refractivity contribution in [3.05, 3.63) is 80.5 Å². The maximum Gasteiger partial charge on any atom is 0.337 e. The van der Waals surface area contributed by atoms with Gasteiger partial charge in [0.2, 0.25) is 0 Å². The van der Waals surface area contributed by atoms with E-state index in [1.165, 1.54) is 11.3 Å². The number of rotatable bonds is 4. The largest absolute Gasteiger partial charge is 0.763 e. The lowest BCUT2D eigenvalue weighted by atomic mass is 9.83. The molecule has 1 aromatic heterocycles. The van der Waals surface area contributed by atoms with Crippen molar-refractivity contribution in [3.63, 3.8) is 0 Å². The van der Waals surface area contributed by atoms with E-state index in [0.29, 0.717) is 21.8 Å². The van der Waals surface area contributed by atoms with Crippen LogP contribution in [0.3, 0.4) is 0 Å². The first-order valence-corrected chi connectivity index (χ1v) is 11.4. The molecule has 0 aliphatic carbocycles. The summed E-state index contributed by atoms with van der Waals surface area (Å²) in [5, 5.41) is 18.6. The molecule has 2 aliphatic rings. The normalized spacial score (nSPS) is 18.4. The monoisotopic (exact) mass is 455 g/mol. The van der Waals surface area contributed by atoms with Crippen molar-refractivity contribution in [2.45, 2.75) is 19.4 Å². The maximum absolute atomic E-state index is 12.8. The van der Waals surface area contributed by atoms with E-state index in [1.807, 2.05) is 47.2 Å². The molecule has 0 spiro atoms. The fraction of sp³-hybridized carbons (Fsp3) is 0.304. The first kappa shape index (κ1) is 23.1. The number of thiocarbonyl (C=S) groups is 1. The predicted molar refractivity (Wildman–Crippen MR) is 126 cm³/mol. The van der Waals surface area contributed by atoms with E-state index in [9.17, 15) is 10.2 Å². The number of hydrogen-bond donors (Lipinski definition) is 2. The molecule has 6 nitrogen and oxygen atoms in total. The van der Waals surface area contributed by atoms with Gasteiger partial charge in [0, 0.05) is 11.3 Å². The molecule has 0 amide bonds. The third-order valence-electron chi connectivity index (χ3n) is 4.89. The van der Waals surface area contributed by atoms with Crippen LogP contribution in [0.2, 0.25) is 0 Å². The second-order valence-corrected chi connectivity index (χ2v) is 8.24. The van der Waals surface area contributed by atoms with E-state index in [-0.39, 0.29) is 6.61 Å². The van der Waals surface area contributed by atoms with Crippen molar-refractivity contribution >= 4 is 40.4 Å². The van der Waals surface area contributed by atoms with Crippen LogP contribution in [-0.2, 0) is 20.9 Å². The summed E-state index contributed by atoms with van der Waals surface area (Å²) in [4.78, 5) is 13.1. The van der Waals surface area contributed by atoms with Gasteiger partial charge in [-0.05, 0) is 34.9 Å². The number of carbonyl (C=O) groups is 1. The molecular formula is C23H25N3O3S2. The zero-order valence-corrected chi connectivity index (χ0v) is 18.9. The first-order valence-electron chi connectivity index (χ1n) is 10.0. The van der Waals surface area contributed by atoms with Crippen LogP contribution in [0, 0.1) is 0 Å². The van der Waals surface area contributed by atoms with E-state index in [1.54, 1.807) is 6.92 Å². The average molecular weight is 456 g/mol. The SMILES string of the molecule is C1COCC[NH2+]1.CC1=C(C(=O)OCc2ccccc2)C(c2ccsc2)C(=C=[N-])C(=S)N1. The molecule has 1 atom stereocenters. The number of nitrogens with two attached hydrogens (primary N) is 1. The molecule has 1 aromatic carbocycles. The zero-order valence-electron chi connectivity index (χ0n) is 17.3. The number of carbonyl (C=O) groups excluding carboxylic acids is 1. The van der Waals surface area contributed by atoms with Crippen LogP contribution in [-0.4, -0.2) is 43.1 Å². The molecule has 162 valence electrons. The Bertz CT molecular complexity index is 965. The molecule has 0 saturated carbocycles. The Morgan fingerprint density at radius 3 is 2.61 bits per heavy atom. The summed E-state index contributed by atoms with van der Waals surface area (Å²) in [7, 11) is 0. The molecule has 2 aliphatic heterocycles. The highest BCUT2D eigenvalue weighted by Gasteiger charge is 2.34. The van der Waals surface area contributed by atoms with Crippen LogP contribution in [0.1, 0.15) is 24.0 Å². The molecule has 0 bridgehead atoms. The number of hydrogen-bond acceptors (Lipinski definition) is 5. The lowest BCUT2D eigenvalue weighted by molar-refractivity contribution is -0.670. The molecule has 1 unspecified atom stereocenters. The Hall–Kier alpha value is -2.61. The number of benzene rings is 1. The standard InChI is InChI=1S/C19H15N2O2S2.C4H9NO/c1-12-16(19(22)23-10-13-5-3-2-4-6-13)17(14-7-8-25-11-14)15(9-20)18(24)21-12;1-3-6-4-2-5-1/h2-8,11,17H,10H2,1H3,(H,21,24);5H,1-4H2/q-1;/p+1. The number of esters is 1. The van der Waals surface area contributed by atoms with Gasteiger partial charge in [0.05, 0.1) is 37.8 Å². The third kappa shape index (κ3) is 6.19. The molecular weight excluding hydrogens is 430 g/mol. The number of allylic oxidation sites excluding steroid dienone is 1. The van der Waals surface area contributed by atoms with Gasteiger partial charge >= 0.3 is 5.97 Å². The first-order chi connectivity index (χ1) is 15.1. The molecule has 8 heteroatoms. The van der Waals surface area contributed by atoms with Crippen molar-refractivity contribution in [2.24, 2.45) is 0 Å². The lowest BCUT2D eigenvalue weighted by Crippen LogP contribution is -2.87. The summed E-state index contributed by atoms with van der Waals surface area (Å²) in [5.41, 5.74) is 3.20. The number of thiophene rings is 1. The van der Waals surface area contributed by atoms with Crippen LogP contribution >= 0.6 is 23.6 Å². The number of ether oxygens (including phenoxy) is 2. The summed E-state index contributed by atoms with van der Waals surface area (Å²) < 4.78 is 10.5. The molecule has 3 heterocycles. The summed E-state index contributed by atoms with van der Waals surface area (Å²) in [6.07, 6.45) is 0. The summed E-state index contributed by atoms with van der Waals surface area (Å²) >= 11 is 6.79. The maximum atomic E-state index is 12.8. The lowest BCUT2D eigenvalue weighted by Gasteiger charge is -2.29. The summed E-state index contributed by atoms with van der Waals surface area (Å²) in [6, 6.07) is 11.4. The van der Waals surface area contributed by atoms with Crippen molar-refractivity contribution < 1.29 is 19.6 Å². The topological polar surface area (TPSA) is 86.5 Å². The van der Waals surface area contributed by atoms with Gasteiger partial charge < -0.3 is 25.5 Å². The van der Waals surface area contributed by atoms with Crippen LogP contribution in [0.25, 0.3) is 5.41 Å². The minimum atomic E-state index is -0.492. The van der Waals surface area contributed by atoms with Crippen LogP contribution < -0.4 is 10.6 Å². The zero-order chi connectivity index (χ0) is 22.1. The van der Waals surface area contributed by atoms with Crippen LogP contribution in [0.5, 0.6) is 0 Å². The Morgan fingerprint density at radius 1 is 1.32 bits per heavy atom. The Balaban J connectivity index is 0.000000391. The van der Waals surface area contributed by atoms with Gasteiger partial charge in [-0.15, -0.1) is 0 Å². The highest BCUT2D eigenvalue weighted by Crippen LogP contribution is 2.37. The van der Waals surface area contributed by atoms with Crippen molar-refractivity contribution in [1.82, 2.24) is 5.32 Å². The van der Waals surface area contributed by atoms with Gasteiger partial charge in [-0.2, -0.15) is 11.3 Å². The highest BCUT2D eigenvalue weighted by molar-refractivity contribution is 7.80. The quantitative estimate of drug-likeness (QED) is 0.320. The van der Waals surface area contributed by atoms with E-state index in [0.717, 1.165) is 37.4 Å². The third-order valence-corrected chi connectivity index (χ3v) is 5.91. The van der Waals surface area contributed by atoms with E-state index in [4.69, 9.17) is 21.7 Å². The molecule has 3 N–H and O–H groups in total. The number of nitrogens with one attached hydrogen (secondary N) is 1. The molecule has 0 radical (unpaired) electrons. The molecule has 1 saturated heterocycles. The smallest absolute Gasteiger partial charge is 0.337 e. The fourth-order valence-electron chi connectivity index (χ4n) is 3.34. The molecule has 1 fully saturated rings. The molecule has 31 heavy (non-hydrogen) atoms. The minimum Gasteiger partial charge on any atom is -0.763 e. The second kappa shape index (κ2) is 11.7. The minimum absolute atomic E-state index is 0.180. The Kier molecular flexibility index (Phi) is 8.70. The van der Waals surface area contributed by atoms with Gasteiger partial charge in [-0.1, -0.05) is 42.5 Å². The van der Waals surface area contributed by atoms with Crippen LogP contribution in [0.4, 0.5) is 0 Å². The van der Waals surface area contributed by atoms with Crippen LogP contribution in [0.15, 0.2) is 64.0 Å². The van der Waals surface area contributed by atoms with Gasteiger partial charge in [0.1, 0.15) is 11.6 Å². The summed E-state index contributed by atoms with van der Waals surface area (Å²) in [6.45, 7) is 6.15. The number of nitrogens with zero attached hydrogens (tertiary/aromatic N) is 1. The van der Waals surface area contributed by atoms with Crippen molar-refractivity contribution in [1.29, 1.82) is 0 Å². The number of morpholine rings is 1. The van der Waals surface area contributed by atoms with Crippen molar-refractivity contribution in [3.8, 4) is 0 Å². The summed E-state index contributed by atoms with van der Waals surface area (Å²) in [5.74, 6) is 1.21. The van der Waals surface area contributed by atoms with Gasteiger partial charge in [0.25, 0.3) is 0 Å². The predicted octanol–water partition coefficient (Wildman–Crippen LogP) is 2.53. The molecule has 4 rings (SSSR count). The van der Waals surface area contributed by atoms with Crippen molar-refractivity contribution in [2.75, 3.05) is 26.3 Å². The fourth-order valence-corrected chi connectivity index (χ4v) is 4.34. The van der Waals surface area contributed by atoms with E-state index < -0.39 is 11.9 Å². The molecule has 2 aromatic rings. The average Bonchev–Trinajstić information content (AvgIpc) is 3.34. The van der Waals surface area contributed by atoms with Gasteiger partial charge in [0.15, 0.2) is 0 Å².